The Morgan fingerprint density at radius 2 is 2.17 bits per heavy atom. The standard InChI is InChI=1S/C16H19N3O2S2/c1-10-15(11-4-6-19(10)7-5-11)18-16(20)12-2-3-13(23-12)21-14-8-17-9-22-14/h2-3,8-11,15H,4-7H2,1H3,(H,18,20). The van der Waals surface area contributed by atoms with Crippen molar-refractivity contribution in [1.82, 2.24) is 15.2 Å². The van der Waals surface area contributed by atoms with Gasteiger partial charge in [-0.25, -0.2) is 4.98 Å². The van der Waals surface area contributed by atoms with Crippen molar-refractivity contribution in [3.05, 3.63) is 28.7 Å². The first kappa shape index (κ1) is 15.1. The van der Waals surface area contributed by atoms with Crippen LogP contribution in [0.3, 0.4) is 0 Å². The lowest BCUT2D eigenvalue weighted by atomic mass is 9.79. The van der Waals surface area contributed by atoms with Crippen LogP contribution in [0, 0.1) is 5.92 Å². The zero-order valence-electron chi connectivity index (χ0n) is 12.9. The van der Waals surface area contributed by atoms with Crippen LogP contribution in [0.2, 0.25) is 0 Å². The summed E-state index contributed by atoms with van der Waals surface area (Å²) >= 11 is 2.82. The molecule has 5 rings (SSSR count). The lowest BCUT2D eigenvalue weighted by Crippen LogP contribution is -2.62. The number of thiazole rings is 1. The number of carbonyl (C=O) groups excluding carboxylic acids is 1. The summed E-state index contributed by atoms with van der Waals surface area (Å²) in [7, 11) is 0. The van der Waals surface area contributed by atoms with Gasteiger partial charge in [-0.05, 0) is 50.9 Å². The topological polar surface area (TPSA) is 54.5 Å². The zero-order chi connectivity index (χ0) is 15.8. The summed E-state index contributed by atoms with van der Waals surface area (Å²) < 4.78 is 5.70. The van der Waals surface area contributed by atoms with Crippen LogP contribution in [-0.2, 0) is 0 Å². The lowest BCUT2D eigenvalue weighted by molar-refractivity contribution is 0.0218. The van der Waals surface area contributed by atoms with Crippen LogP contribution in [0.4, 0.5) is 0 Å². The van der Waals surface area contributed by atoms with Gasteiger partial charge in [0.1, 0.15) is 0 Å². The Balaban J connectivity index is 1.42. The number of nitrogens with one attached hydrogen (secondary N) is 1. The predicted octanol–water partition coefficient (Wildman–Crippen LogP) is 3.21. The molecule has 5 nitrogen and oxygen atoms in total. The van der Waals surface area contributed by atoms with E-state index in [0.29, 0.717) is 16.8 Å². The van der Waals surface area contributed by atoms with E-state index in [9.17, 15) is 4.79 Å². The third-order valence-electron chi connectivity index (χ3n) is 4.89. The van der Waals surface area contributed by atoms with E-state index < -0.39 is 0 Å². The summed E-state index contributed by atoms with van der Waals surface area (Å²) in [5.74, 6) is 0.631. The van der Waals surface area contributed by atoms with E-state index in [4.69, 9.17) is 4.74 Å². The van der Waals surface area contributed by atoms with Crippen LogP contribution in [0.5, 0.6) is 10.1 Å². The van der Waals surface area contributed by atoms with Gasteiger partial charge in [0.15, 0.2) is 5.06 Å². The number of hydrogen-bond acceptors (Lipinski definition) is 6. The van der Waals surface area contributed by atoms with Crippen molar-refractivity contribution >= 4 is 28.6 Å². The molecule has 2 atom stereocenters. The summed E-state index contributed by atoms with van der Waals surface area (Å²) in [6.07, 6.45) is 4.07. The van der Waals surface area contributed by atoms with Crippen molar-refractivity contribution in [2.24, 2.45) is 5.92 Å². The van der Waals surface area contributed by atoms with Crippen LogP contribution >= 0.6 is 22.7 Å². The average molecular weight is 349 g/mol. The molecule has 2 unspecified atom stereocenters. The number of ether oxygens (including phenoxy) is 1. The number of carbonyl (C=O) groups is 1. The molecule has 2 aromatic heterocycles. The maximum atomic E-state index is 12.6. The summed E-state index contributed by atoms with van der Waals surface area (Å²) in [6.45, 7) is 4.57. The minimum absolute atomic E-state index is 0.0137. The molecule has 2 bridgehead atoms. The molecule has 122 valence electrons. The van der Waals surface area contributed by atoms with E-state index in [2.05, 4.69) is 22.1 Å². The van der Waals surface area contributed by atoms with Crippen LogP contribution < -0.4 is 10.1 Å². The van der Waals surface area contributed by atoms with Gasteiger partial charge in [0, 0.05) is 12.1 Å². The number of fused-ring (bicyclic) bond motifs is 3. The van der Waals surface area contributed by atoms with Gasteiger partial charge in [-0.2, -0.15) is 0 Å². The summed E-state index contributed by atoms with van der Waals surface area (Å²) in [5.41, 5.74) is 1.73. The van der Waals surface area contributed by atoms with Crippen molar-refractivity contribution in [3.8, 4) is 10.1 Å². The van der Waals surface area contributed by atoms with Crippen LogP contribution in [-0.4, -0.2) is 41.0 Å². The Kier molecular flexibility index (Phi) is 4.09. The highest BCUT2D eigenvalue weighted by Gasteiger charge is 2.40. The third-order valence-corrected chi connectivity index (χ3v) is 6.50. The number of piperidine rings is 3. The van der Waals surface area contributed by atoms with Gasteiger partial charge in [0.25, 0.3) is 5.91 Å². The molecular formula is C16H19N3O2S2. The highest BCUT2D eigenvalue weighted by Crippen LogP contribution is 2.34. The first-order valence-corrected chi connectivity index (χ1v) is 9.61. The molecular weight excluding hydrogens is 330 g/mol. The molecule has 7 heteroatoms. The van der Waals surface area contributed by atoms with Crippen molar-refractivity contribution in [2.45, 2.75) is 31.8 Å². The molecule has 3 fully saturated rings. The number of nitrogens with zero attached hydrogens (tertiary/aromatic N) is 2. The molecule has 3 saturated heterocycles. The molecule has 2 aromatic rings. The van der Waals surface area contributed by atoms with E-state index in [-0.39, 0.29) is 11.9 Å². The Morgan fingerprint density at radius 3 is 2.87 bits per heavy atom. The molecule has 0 radical (unpaired) electrons. The van der Waals surface area contributed by atoms with Crippen molar-refractivity contribution < 1.29 is 9.53 Å². The van der Waals surface area contributed by atoms with Gasteiger partial charge in [-0.15, -0.1) is 0 Å². The van der Waals surface area contributed by atoms with E-state index in [0.717, 1.165) is 10.1 Å². The minimum atomic E-state index is 0.0137. The number of amides is 1. The molecule has 1 amide bonds. The summed E-state index contributed by atoms with van der Waals surface area (Å²) in [6, 6.07) is 4.37. The Bertz CT molecular complexity index is 675. The van der Waals surface area contributed by atoms with E-state index in [1.807, 2.05) is 12.1 Å². The van der Waals surface area contributed by atoms with Gasteiger partial charge in [-0.3, -0.25) is 9.69 Å². The minimum Gasteiger partial charge on any atom is -0.434 e. The number of rotatable bonds is 4. The molecule has 1 N–H and O–H groups in total. The molecule has 0 aliphatic carbocycles. The second-order valence-electron chi connectivity index (χ2n) is 6.15. The second kappa shape index (κ2) is 6.22. The Labute approximate surface area is 143 Å². The van der Waals surface area contributed by atoms with Crippen LogP contribution in [0.15, 0.2) is 23.8 Å². The van der Waals surface area contributed by atoms with Crippen LogP contribution in [0.25, 0.3) is 0 Å². The lowest BCUT2D eigenvalue weighted by Gasteiger charge is -2.49. The molecule has 0 aromatic carbocycles. The van der Waals surface area contributed by atoms with Gasteiger partial charge in [0.05, 0.1) is 16.6 Å². The molecule has 3 aliphatic heterocycles. The van der Waals surface area contributed by atoms with E-state index in [1.165, 1.54) is 48.6 Å². The van der Waals surface area contributed by atoms with Gasteiger partial charge in [0.2, 0.25) is 5.06 Å². The average Bonchev–Trinajstić information content (AvgIpc) is 3.23. The van der Waals surface area contributed by atoms with Crippen molar-refractivity contribution in [1.29, 1.82) is 0 Å². The van der Waals surface area contributed by atoms with Crippen molar-refractivity contribution in [2.75, 3.05) is 13.1 Å². The SMILES string of the molecule is CC1C(NC(=O)c2ccc(Oc3cncs3)s2)C2CCN1CC2. The highest BCUT2D eigenvalue weighted by atomic mass is 32.1. The Hall–Kier alpha value is -1.44. The molecule has 3 aliphatic rings. The van der Waals surface area contributed by atoms with E-state index >= 15 is 0 Å². The fourth-order valence-corrected chi connectivity index (χ4v) is 4.93. The quantitative estimate of drug-likeness (QED) is 0.921. The largest absolute Gasteiger partial charge is 0.434 e. The summed E-state index contributed by atoms with van der Waals surface area (Å²) in [4.78, 5) is 19.7. The third kappa shape index (κ3) is 3.00. The first-order chi connectivity index (χ1) is 11.2. The maximum Gasteiger partial charge on any atom is 0.261 e. The normalized spacial score (nSPS) is 29.4. The number of thiophene rings is 1. The van der Waals surface area contributed by atoms with Gasteiger partial charge < -0.3 is 10.1 Å². The molecule has 23 heavy (non-hydrogen) atoms. The van der Waals surface area contributed by atoms with Crippen molar-refractivity contribution in [3.63, 3.8) is 0 Å². The highest BCUT2D eigenvalue weighted by molar-refractivity contribution is 7.16. The summed E-state index contributed by atoms with van der Waals surface area (Å²) in [5, 5.41) is 4.72. The Morgan fingerprint density at radius 1 is 1.35 bits per heavy atom. The number of hydrogen-bond donors (Lipinski definition) is 1. The molecule has 0 saturated carbocycles. The molecule has 0 spiro atoms. The van der Waals surface area contributed by atoms with Gasteiger partial charge in [-0.1, -0.05) is 22.7 Å². The fourth-order valence-electron chi connectivity index (χ4n) is 3.62. The van der Waals surface area contributed by atoms with E-state index in [1.54, 1.807) is 11.7 Å². The fraction of sp³-hybridized carbons (Fsp3) is 0.500. The zero-order valence-corrected chi connectivity index (χ0v) is 14.5. The van der Waals surface area contributed by atoms with Crippen LogP contribution in [0.1, 0.15) is 29.4 Å². The maximum absolute atomic E-state index is 12.6. The molecule has 5 heterocycles. The smallest absolute Gasteiger partial charge is 0.261 e. The number of aromatic nitrogens is 1. The van der Waals surface area contributed by atoms with Gasteiger partial charge >= 0.3 is 0 Å². The second-order valence-corrected chi connectivity index (χ2v) is 8.05. The first-order valence-electron chi connectivity index (χ1n) is 7.92. The monoisotopic (exact) mass is 349 g/mol. The predicted molar refractivity (Wildman–Crippen MR) is 91.5 cm³/mol.